The summed E-state index contributed by atoms with van der Waals surface area (Å²) in [5, 5.41) is 9.48. The fourth-order valence-corrected chi connectivity index (χ4v) is 5.10. The summed E-state index contributed by atoms with van der Waals surface area (Å²) in [6.45, 7) is 1.09. The molecule has 0 aromatic heterocycles. The van der Waals surface area contributed by atoms with Crippen molar-refractivity contribution in [3.8, 4) is 0 Å². The maximum Gasteiger partial charge on any atom is 0.308 e. The number of carbonyl (C=O) groups excluding carboxylic acids is 1. The molecular formula is C22H29NO3. The van der Waals surface area contributed by atoms with Gasteiger partial charge in [0.25, 0.3) is 0 Å². The molecule has 1 saturated heterocycles. The third-order valence-electron chi connectivity index (χ3n) is 6.84. The van der Waals surface area contributed by atoms with Crippen LogP contribution in [-0.2, 0) is 9.59 Å². The first-order chi connectivity index (χ1) is 12.6. The molecule has 26 heavy (non-hydrogen) atoms. The van der Waals surface area contributed by atoms with Gasteiger partial charge in [-0.05, 0) is 67.8 Å². The number of rotatable bonds is 5. The highest BCUT2D eigenvalue weighted by Crippen LogP contribution is 2.44. The predicted molar refractivity (Wildman–Crippen MR) is 99.7 cm³/mol. The third-order valence-corrected chi connectivity index (χ3v) is 6.84. The van der Waals surface area contributed by atoms with Crippen LogP contribution in [0.5, 0.6) is 0 Å². The molecule has 1 aliphatic heterocycles. The van der Waals surface area contributed by atoms with E-state index in [2.05, 4.69) is 30.3 Å². The zero-order chi connectivity index (χ0) is 18.1. The van der Waals surface area contributed by atoms with Gasteiger partial charge in [-0.3, -0.25) is 9.59 Å². The summed E-state index contributed by atoms with van der Waals surface area (Å²) in [7, 11) is 0. The van der Waals surface area contributed by atoms with E-state index in [1.54, 1.807) is 0 Å². The van der Waals surface area contributed by atoms with E-state index in [0.717, 1.165) is 38.5 Å². The van der Waals surface area contributed by atoms with Crippen molar-refractivity contribution in [3.63, 3.8) is 0 Å². The zero-order valence-corrected chi connectivity index (χ0v) is 15.3. The van der Waals surface area contributed by atoms with Crippen LogP contribution in [0.1, 0.15) is 56.4 Å². The number of amides is 1. The summed E-state index contributed by atoms with van der Waals surface area (Å²) in [5.41, 5.74) is 1.42. The molecule has 0 bridgehead atoms. The van der Waals surface area contributed by atoms with E-state index in [1.807, 2.05) is 4.90 Å². The second-order valence-corrected chi connectivity index (χ2v) is 8.58. The van der Waals surface area contributed by atoms with Gasteiger partial charge in [0.05, 0.1) is 5.92 Å². The number of aliphatic carboxylic acids is 1. The van der Waals surface area contributed by atoms with Crippen molar-refractivity contribution in [2.45, 2.75) is 50.9 Å². The molecule has 1 heterocycles. The van der Waals surface area contributed by atoms with Crippen molar-refractivity contribution in [2.75, 3.05) is 13.1 Å². The Morgan fingerprint density at radius 3 is 2.27 bits per heavy atom. The van der Waals surface area contributed by atoms with Crippen molar-refractivity contribution in [1.29, 1.82) is 0 Å². The summed E-state index contributed by atoms with van der Waals surface area (Å²) >= 11 is 0. The molecule has 1 N–H and O–H groups in total. The highest BCUT2D eigenvalue weighted by Gasteiger charge is 2.46. The Labute approximate surface area is 155 Å². The van der Waals surface area contributed by atoms with E-state index in [9.17, 15) is 14.7 Å². The molecule has 3 fully saturated rings. The largest absolute Gasteiger partial charge is 0.481 e. The lowest BCUT2D eigenvalue weighted by Crippen LogP contribution is -2.32. The Morgan fingerprint density at radius 1 is 0.962 bits per heavy atom. The molecule has 1 amide bonds. The van der Waals surface area contributed by atoms with Gasteiger partial charge < -0.3 is 10.0 Å². The minimum Gasteiger partial charge on any atom is -0.481 e. The maximum absolute atomic E-state index is 12.8. The fraction of sp³-hybridized carbons (Fsp3) is 0.636. The predicted octanol–water partition coefficient (Wildman–Crippen LogP) is 3.92. The van der Waals surface area contributed by atoms with E-state index in [-0.39, 0.29) is 17.7 Å². The first-order valence-electron chi connectivity index (χ1n) is 10.2. The molecule has 140 valence electrons. The molecule has 2 saturated carbocycles. The van der Waals surface area contributed by atoms with Crippen LogP contribution in [0.25, 0.3) is 0 Å². The maximum atomic E-state index is 12.8. The van der Waals surface area contributed by atoms with E-state index in [1.165, 1.54) is 5.56 Å². The number of carboxylic acid groups (broad SMARTS) is 1. The van der Waals surface area contributed by atoms with Gasteiger partial charge in [0, 0.05) is 19.5 Å². The van der Waals surface area contributed by atoms with Gasteiger partial charge in [-0.25, -0.2) is 0 Å². The quantitative estimate of drug-likeness (QED) is 0.871. The van der Waals surface area contributed by atoms with Gasteiger partial charge in [0.2, 0.25) is 5.91 Å². The molecule has 4 heteroatoms. The molecule has 0 radical (unpaired) electrons. The number of carbonyl (C=O) groups is 2. The number of likely N-dealkylation sites (tertiary alicyclic amines) is 1. The Balaban J connectivity index is 1.28. The Hall–Kier alpha value is -1.84. The lowest BCUT2D eigenvalue weighted by atomic mass is 9.77. The SMILES string of the molecule is O=C(O)[C@H]1CN(C(=O)CC2CCC(c3ccccc3)CC2)C[C@@H]1C1CC1. The molecule has 1 aromatic rings. The van der Waals surface area contributed by atoms with Crippen molar-refractivity contribution in [1.82, 2.24) is 4.90 Å². The number of hydrogen-bond donors (Lipinski definition) is 1. The van der Waals surface area contributed by atoms with Crippen LogP contribution in [0, 0.1) is 23.7 Å². The standard InChI is InChI=1S/C22H29NO3/c24-21(23-13-19(18-10-11-18)20(14-23)22(25)26)12-15-6-8-17(9-7-15)16-4-2-1-3-5-16/h1-5,15,17-20H,6-14H2,(H,25,26)/t15?,17?,19-,20+/m1/s1. The highest BCUT2D eigenvalue weighted by molar-refractivity contribution is 5.79. The molecular weight excluding hydrogens is 326 g/mol. The van der Waals surface area contributed by atoms with Crippen LogP contribution in [0.15, 0.2) is 30.3 Å². The summed E-state index contributed by atoms with van der Waals surface area (Å²) in [6, 6.07) is 10.7. The molecule has 1 aromatic carbocycles. The lowest BCUT2D eigenvalue weighted by Gasteiger charge is -2.29. The molecule has 2 atom stereocenters. The fourth-order valence-electron chi connectivity index (χ4n) is 5.10. The molecule has 3 aliphatic rings. The lowest BCUT2D eigenvalue weighted by molar-refractivity contribution is -0.142. The zero-order valence-electron chi connectivity index (χ0n) is 15.3. The van der Waals surface area contributed by atoms with Gasteiger partial charge in [-0.1, -0.05) is 30.3 Å². The summed E-state index contributed by atoms with van der Waals surface area (Å²) in [5.74, 6) is 0.930. The van der Waals surface area contributed by atoms with E-state index < -0.39 is 5.97 Å². The van der Waals surface area contributed by atoms with Crippen LogP contribution < -0.4 is 0 Å². The van der Waals surface area contributed by atoms with Crippen LogP contribution in [-0.4, -0.2) is 35.0 Å². The Bertz CT molecular complexity index is 647. The Morgan fingerprint density at radius 2 is 1.65 bits per heavy atom. The van der Waals surface area contributed by atoms with Gasteiger partial charge in [-0.2, -0.15) is 0 Å². The van der Waals surface area contributed by atoms with Crippen LogP contribution in [0.4, 0.5) is 0 Å². The molecule has 0 spiro atoms. The summed E-state index contributed by atoms with van der Waals surface area (Å²) in [4.78, 5) is 26.1. The number of benzene rings is 1. The molecule has 2 aliphatic carbocycles. The minimum atomic E-state index is -0.722. The van der Waals surface area contributed by atoms with Gasteiger partial charge in [-0.15, -0.1) is 0 Å². The van der Waals surface area contributed by atoms with Crippen LogP contribution in [0.3, 0.4) is 0 Å². The summed E-state index contributed by atoms with van der Waals surface area (Å²) < 4.78 is 0. The number of hydrogen-bond acceptors (Lipinski definition) is 2. The molecule has 0 unspecified atom stereocenters. The Kier molecular flexibility index (Phi) is 5.01. The highest BCUT2D eigenvalue weighted by atomic mass is 16.4. The first-order valence-corrected chi connectivity index (χ1v) is 10.2. The van der Waals surface area contributed by atoms with Crippen molar-refractivity contribution in [3.05, 3.63) is 35.9 Å². The van der Waals surface area contributed by atoms with E-state index >= 15 is 0 Å². The number of carboxylic acids is 1. The van der Waals surface area contributed by atoms with E-state index in [4.69, 9.17) is 0 Å². The number of nitrogens with zero attached hydrogens (tertiary/aromatic N) is 1. The van der Waals surface area contributed by atoms with E-state index in [0.29, 0.717) is 37.3 Å². The van der Waals surface area contributed by atoms with Crippen molar-refractivity contribution >= 4 is 11.9 Å². The van der Waals surface area contributed by atoms with Gasteiger partial charge >= 0.3 is 5.97 Å². The molecule has 4 nitrogen and oxygen atoms in total. The first kappa shape index (κ1) is 17.6. The topological polar surface area (TPSA) is 57.6 Å². The van der Waals surface area contributed by atoms with Gasteiger partial charge in [0.1, 0.15) is 0 Å². The normalized spacial score (nSPS) is 31.8. The second kappa shape index (κ2) is 7.42. The smallest absolute Gasteiger partial charge is 0.308 e. The summed E-state index contributed by atoms with van der Waals surface area (Å²) in [6.07, 6.45) is 7.40. The third kappa shape index (κ3) is 3.79. The van der Waals surface area contributed by atoms with Crippen LogP contribution in [0.2, 0.25) is 0 Å². The van der Waals surface area contributed by atoms with Crippen molar-refractivity contribution < 1.29 is 14.7 Å². The van der Waals surface area contributed by atoms with Crippen molar-refractivity contribution in [2.24, 2.45) is 23.7 Å². The second-order valence-electron chi connectivity index (χ2n) is 8.58. The average Bonchev–Trinajstić information content (AvgIpc) is 3.40. The average molecular weight is 355 g/mol. The monoisotopic (exact) mass is 355 g/mol. The van der Waals surface area contributed by atoms with Crippen LogP contribution >= 0.6 is 0 Å². The minimum absolute atomic E-state index is 0.183. The van der Waals surface area contributed by atoms with Gasteiger partial charge in [0.15, 0.2) is 0 Å². The molecule has 4 rings (SSSR count).